The Labute approximate surface area is 418 Å². The number of rotatable bonds is 22. The van der Waals surface area contributed by atoms with Gasteiger partial charge in [-0.15, -0.1) is 6.21 Å². The van der Waals surface area contributed by atoms with E-state index in [9.17, 15) is 33.6 Å². The first-order chi connectivity index (χ1) is 30.3. The molecule has 65 heavy (non-hydrogen) atoms. The summed E-state index contributed by atoms with van der Waals surface area (Å²) in [6.07, 6.45) is 5.88. The van der Waals surface area contributed by atoms with Crippen molar-refractivity contribution in [3.05, 3.63) is 30.3 Å². The Hall–Kier alpha value is -3.36. The van der Waals surface area contributed by atoms with Gasteiger partial charge in [-0.05, 0) is 87.7 Å². The average Bonchev–Trinajstić information content (AvgIpc) is 3.78. The van der Waals surface area contributed by atoms with Crippen molar-refractivity contribution in [3.63, 3.8) is 0 Å². The summed E-state index contributed by atoms with van der Waals surface area (Å²) in [7, 11) is 7.91. The number of Topliss-reactive ketones (excluding diaryl/α,β-unsaturated/α-hetero) is 3. The summed E-state index contributed by atoms with van der Waals surface area (Å²) >= 11 is 0. The Kier molecular flexibility index (Phi) is 58.2. The van der Waals surface area contributed by atoms with Crippen LogP contribution in [0, 0.1) is 6.07 Å². The van der Waals surface area contributed by atoms with Gasteiger partial charge in [-0.1, -0.05) is 55.9 Å². The van der Waals surface area contributed by atoms with Crippen molar-refractivity contribution in [3.8, 4) is 0 Å². The second-order valence-electron chi connectivity index (χ2n) is 13.2. The van der Waals surface area contributed by atoms with E-state index in [1.165, 1.54) is 21.1 Å². The van der Waals surface area contributed by atoms with Crippen LogP contribution in [0.4, 0.5) is 5.69 Å². The number of likely N-dealkylation sites (tertiary alicyclic amines) is 1. The molecule has 2 rings (SSSR count). The van der Waals surface area contributed by atoms with E-state index in [1.807, 2.05) is 34.7 Å². The van der Waals surface area contributed by atoms with Gasteiger partial charge in [0.1, 0.15) is 18.2 Å². The molecule has 0 bridgehead atoms. The number of hydrogen-bond acceptors (Lipinski definition) is 14. The number of carboxylic acids is 3. The number of aliphatic carboxylic acids is 3. The maximum Gasteiger partial charge on any atom is 0.305 e. The first-order valence-electron chi connectivity index (χ1n) is 22.2. The third kappa shape index (κ3) is 44.3. The third-order valence-corrected chi connectivity index (χ3v) is 8.62. The fourth-order valence-corrected chi connectivity index (χ4v) is 4.71. The molecule has 1 heterocycles. The molecule has 1 fully saturated rings. The van der Waals surface area contributed by atoms with Crippen molar-refractivity contribution in [1.29, 1.82) is 0 Å². The van der Waals surface area contributed by atoms with Crippen LogP contribution in [0.5, 0.6) is 0 Å². The summed E-state index contributed by atoms with van der Waals surface area (Å²) < 4.78 is 11.5. The molecule has 18 nitrogen and oxygen atoms in total. The van der Waals surface area contributed by atoms with Crippen LogP contribution in [0.1, 0.15) is 123 Å². The van der Waals surface area contributed by atoms with Gasteiger partial charge in [0.05, 0.1) is 43.4 Å². The van der Waals surface area contributed by atoms with Crippen LogP contribution in [0.2, 0.25) is 0 Å². The van der Waals surface area contributed by atoms with Crippen molar-refractivity contribution in [2.45, 2.75) is 158 Å². The van der Waals surface area contributed by atoms with Crippen LogP contribution in [-0.2, 0) is 71.0 Å². The summed E-state index contributed by atoms with van der Waals surface area (Å²) in [5.74, 6) is -3.68. The average molecular weight is 1010 g/mol. The number of aliphatic imine (C=N–C) groups is 1. The van der Waals surface area contributed by atoms with Gasteiger partial charge in [0, 0.05) is 53.3 Å². The quantitative estimate of drug-likeness (QED) is 0.0579. The van der Waals surface area contributed by atoms with Crippen LogP contribution in [0.15, 0.2) is 29.3 Å². The Morgan fingerprint density at radius 2 is 1.34 bits per heavy atom. The van der Waals surface area contributed by atoms with E-state index in [0.29, 0.717) is 24.7 Å². The summed E-state index contributed by atoms with van der Waals surface area (Å²) in [5, 5.41) is 39.1. The SMILES string of the molecule is C.CC.CC.CCC(C)NC(=O)C1CCCN1CC.CN[C@@H](CC(=O)O)C(=O)COC.CN[C@@H](CC(=O)O)C(=O)[C-]=Nc1[c-]cccc1.CN[C@@H](CC(=O)O)C(C)=O.[3H]CC(CC)NC.[Y]. The van der Waals surface area contributed by atoms with Gasteiger partial charge in [0.15, 0.2) is 5.78 Å². The smallest absolute Gasteiger partial charge is 0.305 e. The van der Waals surface area contributed by atoms with Gasteiger partial charge in [-0.3, -0.25) is 39.7 Å². The molecule has 1 saturated heterocycles. The van der Waals surface area contributed by atoms with Crippen molar-refractivity contribution in [1.82, 2.24) is 31.5 Å². The van der Waals surface area contributed by atoms with Gasteiger partial charge in [0.2, 0.25) is 5.91 Å². The largest absolute Gasteiger partial charge is 0.481 e. The number of ketones is 3. The predicted molar refractivity (Wildman–Crippen MR) is 257 cm³/mol. The predicted octanol–water partition coefficient (Wildman–Crippen LogP) is 4.68. The molecule has 1 aromatic rings. The molecule has 1 aliphatic rings. The van der Waals surface area contributed by atoms with Gasteiger partial charge < -0.3 is 56.4 Å². The Morgan fingerprint density at radius 3 is 1.68 bits per heavy atom. The van der Waals surface area contributed by atoms with Gasteiger partial charge in [-0.2, -0.15) is 18.2 Å². The number of ether oxygens (including phenoxy) is 1. The van der Waals surface area contributed by atoms with Crippen LogP contribution >= 0.6 is 0 Å². The zero-order valence-electron chi connectivity index (χ0n) is 42.1. The normalized spacial score (nSPS) is 14.6. The number of carboxylic acid groups (broad SMARTS) is 3. The van der Waals surface area contributed by atoms with E-state index in [1.54, 1.807) is 38.4 Å². The molecule has 1 aliphatic heterocycles. The fourth-order valence-electron chi connectivity index (χ4n) is 4.71. The number of carbonyl (C=O) groups excluding carboxylic acids is 4. The fraction of sp³-hybridized carbons (Fsp3) is 0.696. The Bertz CT molecular complexity index is 1410. The number of para-hydroxylation sites is 1. The molecule has 0 saturated carbocycles. The minimum absolute atomic E-state index is 0. The molecular weight excluding hydrogens is 915 g/mol. The molecule has 377 valence electrons. The number of nitrogens with one attached hydrogen (secondary N) is 5. The number of likely N-dealkylation sites (N-methyl/N-ethyl adjacent to an activating group) is 4. The number of methoxy groups -OCH3 is 1. The molecular formula is C46H87N7O11Y-2. The van der Waals surface area contributed by atoms with Crippen LogP contribution < -0.4 is 26.6 Å². The van der Waals surface area contributed by atoms with Gasteiger partial charge in [0.25, 0.3) is 0 Å². The van der Waals surface area contributed by atoms with E-state index >= 15 is 0 Å². The molecule has 0 spiro atoms. The summed E-state index contributed by atoms with van der Waals surface area (Å²) in [5.41, 5.74) is 0.478. The maximum atomic E-state index is 11.8. The van der Waals surface area contributed by atoms with Crippen molar-refractivity contribution < 1.29 is 87.7 Å². The van der Waals surface area contributed by atoms with E-state index in [2.05, 4.69) is 81.2 Å². The van der Waals surface area contributed by atoms with E-state index < -0.39 is 41.8 Å². The molecule has 1 aromatic carbocycles. The number of hydrogen-bond donors (Lipinski definition) is 8. The second-order valence-corrected chi connectivity index (χ2v) is 13.2. The number of benzene rings is 1. The maximum absolute atomic E-state index is 11.8. The van der Waals surface area contributed by atoms with Gasteiger partial charge >= 0.3 is 17.9 Å². The molecule has 1 amide bonds. The molecule has 3 unspecified atom stereocenters. The van der Waals surface area contributed by atoms with Crippen LogP contribution in [0.25, 0.3) is 0 Å². The molecule has 6 atom stereocenters. The van der Waals surface area contributed by atoms with Crippen LogP contribution in [-0.4, -0.2) is 159 Å². The molecule has 8 N–H and O–H groups in total. The van der Waals surface area contributed by atoms with Crippen molar-refractivity contribution >= 4 is 53.1 Å². The minimum atomic E-state index is -1.05. The molecule has 0 aromatic heterocycles. The number of amides is 1. The zero-order valence-corrected chi connectivity index (χ0v) is 44.0. The van der Waals surface area contributed by atoms with Crippen molar-refractivity contribution in [2.75, 3.05) is 55.0 Å². The van der Waals surface area contributed by atoms with E-state index in [-0.39, 0.29) is 89.5 Å². The zero-order chi connectivity index (χ0) is 50.6. The second kappa shape index (κ2) is 51.6. The first-order valence-corrected chi connectivity index (χ1v) is 21.5. The van der Waals surface area contributed by atoms with E-state index in [0.717, 1.165) is 38.8 Å². The summed E-state index contributed by atoms with van der Waals surface area (Å²) in [6.45, 7) is 20.2. The monoisotopic (exact) mass is 1000 g/mol. The Morgan fingerprint density at radius 1 is 0.846 bits per heavy atom. The minimum Gasteiger partial charge on any atom is -0.481 e. The molecule has 0 aliphatic carbocycles. The summed E-state index contributed by atoms with van der Waals surface area (Å²) in [4.78, 5) is 81.9. The first kappa shape index (κ1) is 73.2. The van der Waals surface area contributed by atoms with Crippen LogP contribution in [0.3, 0.4) is 0 Å². The van der Waals surface area contributed by atoms with Crippen molar-refractivity contribution in [2.24, 2.45) is 4.99 Å². The summed E-state index contributed by atoms with van der Waals surface area (Å²) in [6, 6.07) is 8.52. The number of carbonyl (C=O) groups is 7. The molecule has 19 heteroatoms. The number of nitrogens with zero attached hydrogens (tertiary/aromatic N) is 2. The van der Waals surface area contributed by atoms with E-state index in [4.69, 9.17) is 16.7 Å². The standard InChI is InChI=1S/C12H12N2O3.C11H22N2O.C7H13NO4.C6H11NO3.C5H13N.2C2H6.CH4.Y/c1-13-10(7-12(16)17)11(15)8-14-9-5-3-2-4-6-9;1-4-9(3)12-11(14)10-7-6-8-13(10)5-2;1-8-5(3-7(10)11)6(9)4-12-2;1-4(8)5(7-2)3-6(9)10;1-4-5(2)6-3;2*1-2;;/h2-5,10,13H,7H2,1H3,(H,16,17);9-10H,4-8H2,1-3H3,(H,12,14);5,8H,3-4H2,1-2H3,(H,10,11);5,7H,3H2,1-2H3,(H,9,10);5-6H,4H2,1-3H3;2*1-2H3;1H4;/q-2;;;;;;;;/t10-;;2*5-;;;;;/m0.00...../s1/i;;;;2T;;;;. The topological polar surface area (TPSA) is 265 Å². The van der Waals surface area contributed by atoms with Gasteiger partial charge in [-0.25, -0.2) is 11.8 Å². The third-order valence-electron chi connectivity index (χ3n) is 8.62. The molecule has 1 radical (unpaired) electrons. The Balaban J connectivity index is -0.000000131.